The topological polar surface area (TPSA) is 98.2 Å². The molecular weight excluding hydrogens is 158 g/mol. The fraction of sp³-hybridized carbons (Fsp3) is 0.714. The van der Waals surface area contributed by atoms with E-state index < -0.39 is 11.9 Å². The highest BCUT2D eigenvalue weighted by Gasteiger charge is 2.07. The molecule has 5 N–H and O–H groups in total. The van der Waals surface area contributed by atoms with Crippen LogP contribution in [0.1, 0.15) is 19.3 Å². The normalized spacial score (nSPS) is 12.1. The summed E-state index contributed by atoms with van der Waals surface area (Å²) in [6.07, 6.45) is 2.84. The van der Waals surface area contributed by atoms with E-state index >= 15 is 0 Å². The van der Waals surface area contributed by atoms with Gasteiger partial charge in [-0.25, -0.2) is 0 Å². The van der Waals surface area contributed by atoms with Crippen molar-refractivity contribution in [3.8, 4) is 0 Å². The van der Waals surface area contributed by atoms with Gasteiger partial charge in [-0.2, -0.15) is 0 Å². The van der Waals surface area contributed by atoms with E-state index in [9.17, 15) is 9.59 Å². The number of carbonyl (C=O) groups is 2. The van der Waals surface area contributed by atoms with E-state index in [1.165, 1.54) is 0 Å². The van der Waals surface area contributed by atoms with Crippen molar-refractivity contribution in [2.45, 2.75) is 25.3 Å². The molecule has 0 bridgehead atoms. The third-order valence-electron chi connectivity index (χ3n) is 1.54. The predicted octanol–water partition coefficient (Wildman–Crippen LogP) is -1.28. The van der Waals surface area contributed by atoms with Crippen molar-refractivity contribution in [2.75, 3.05) is 6.54 Å². The Balaban J connectivity index is 3.19. The van der Waals surface area contributed by atoms with Gasteiger partial charge in [-0.05, 0) is 19.3 Å². The van der Waals surface area contributed by atoms with E-state index in [4.69, 9.17) is 11.5 Å². The van der Waals surface area contributed by atoms with Gasteiger partial charge in [0.15, 0.2) is 0 Å². The summed E-state index contributed by atoms with van der Waals surface area (Å²) in [6.45, 7) is 0.620. The van der Waals surface area contributed by atoms with Crippen molar-refractivity contribution in [1.82, 2.24) is 5.32 Å². The molecule has 0 saturated heterocycles. The molecule has 5 heteroatoms. The number of rotatable bonds is 7. The van der Waals surface area contributed by atoms with Crippen molar-refractivity contribution in [3.63, 3.8) is 0 Å². The first-order valence-electron chi connectivity index (χ1n) is 3.90. The summed E-state index contributed by atoms with van der Waals surface area (Å²) in [6, 6.07) is -0.554. The second kappa shape index (κ2) is 6.60. The zero-order chi connectivity index (χ0) is 9.40. The van der Waals surface area contributed by atoms with Crippen LogP contribution in [0.25, 0.3) is 0 Å². The summed E-state index contributed by atoms with van der Waals surface area (Å²) in [5.74, 6) is -0.474. The molecule has 5 nitrogen and oxygen atoms in total. The first-order chi connectivity index (χ1) is 5.68. The van der Waals surface area contributed by atoms with Crippen LogP contribution < -0.4 is 16.8 Å². The Labute approximate surface area is 71.5 Å². The van der Waals surface area contributed by atoms with Gasteiger partial charge in [-0.1, -0.05) is 0 Å². The van der Waals surface area contributed by atoms with Crippen LogP contribution in [0, 0.1) is 0 Å². The van der Waals surface area contributed by atoms with Crippen LogP contribution in [0.5, 0.6) is 0 Å². The molecular formula is C7H15N3O2. The monoisotopic (exact) mass is 173 g/mol. The van der Waals surface area contributed by atoms with E-state index in [0.29, 0.717) is 19.4 Å². The molecule has 0 radical (unpaired) electrons. The third kappa shape index (κ3) is 5.67. The minimum atomic E-state index is -0.554. The molecule has 0 aliphatic rings. The molecule has 0 aromatic heterocycles. The van der Waals surface area contributed by atoms with Crippen LogP contribution >= 0.6 is 0 Å². The standard InChI is InChI=1S/C7H15N3O2/c8-6(7(9)12)3-1-2-4-10-5-11/h5-6H,1-4,8H2,(H2,9,12)(H,10,11)/t6-/m0/s1. The van der Waals surface area contributed by atoms with Gasteiger partial charge in [0, 0.05) is 6.54 Å². The lowest BCUT2D eigenvalue weighted by Crippen LogP contribution is -2.36. The predicted molar refractivity (Wildman–Crippen MR) is 45.1 cm³/mol. The summed E-state index contributed by atoms with van der Waals surface area (Å²) in [4.78, 5) is 20.2. The SMILES string of the molecule is NC(=O)[C@@H](N)CCCCNC=O. The Morgan fingerprint density at radius 2 is 2.17 bits per heavy atom. The Morgan fingerprint density at radius 1 is 1.50 bits per heavy atom. The van der Waals surface area contributed by atoms with Gasteiger partial charge in [-0.3, -0.25) is 9.59 Å². The quantitative estimate of drug-likeness (QED) is 0.330. The Kier molecular flexibility index (Phi) is 6.00. The minimum Gasteiger partial charge on any atom is -0.368 e. The zero-order valence-corrected chi connectivity index (χ0v) is 6.95. The lowest BCUT2D eigenvalue weighted by molar-refractivity contribution is -0.119. The molecule has 0 aromatic carbocycles. The number of nitrogens with one attached hydrogen (secondary N) is 1. The Hall–Kier alpha value is -1.10. The molecule has 0 heterocycles. The average molecular weight is 173 g/mol. The van der Waals surface area contributed by atoms with Crippen LogP contribution in [-0.4, -0.2) is 24.9 Å². The maximum atomic E-state index is 10.4. The van der Waals surface area contributed by atoms with E-state index in [-0.39, 0.29) is 0 Å². The maximum absolute atomic E-state index is 10.4. The van der Waals surface area contributed by atoms with Crippen molar-refractivity contribution >= 4 is 12.3 Å². The van der Waals surface area contributed by atoms with Gasteiger partial charge in [0.25, 0.3) is 0 Å². The fourth-order valence-electron chi connectivity index (χ4n) is 0.792. The molecule has 0 aliphatic carbocycles. The molecule has 2 amide bonds. The van der Waals surface area contributed by atoms with Crippen LogP contribution in [0.2, 0.25) is 0 Å². The largest absolute Gasteiger partial charge is 0.368 e. The molecule has 0 aliphatic heterocycles. The lowest BCUT2D eigenvalue weighted by Gasteiger charge is -2.05. The average Bonchev–Trinajstić information content (AvgIpc) is 2.03. The summed E-state index contributed by atoms with van der Waals surface area (Å²) >= 11 is 0. The molecule has 0 aromatic rings. The van der Waals surface area contributed by atoms with Crippen LogP contribution in [0.3, 0.4) is 0 Å². The number of primary amides is 1. The van der Waals surface area contributed by atoms with Gasteiger partial charge < -0.3 is 16.8 Å². The molecule has 12 heavy (non-hydrogen) atoms. The molecule has 0 fully saturated rings. The first-order valence-corrected chi connectivity index (χ1v) is 3.90. The zero-order valence-electron chi connectivity index (χ0n) is 6.95. The molecule has 70 valence electrons. The molecule has 0 spiro atoms. The second-order valence-electron chi connectivity index (χ2n) is 2.58. The fourth-order valence-corrected chi connectivity index (χ4v) is 0.792. The van der Waals surface area contributed by atoms with Crippen molar-refractivity contribution in [2.24, 2.45) is 11.5 Å². The van der Waals surface area contributed by atoms with Crippen LogP contribution in [0.4, 0.5) is 0 Å². The smallest absolute Gasteiger partial charge is 0.234 e. The summed E-state index contributed by atoms with van der Waals surface area (Å²) in [5, 5.41) is 2.51. The van der Waals surface area contributed by atoms with E-state index in [0.717, 1.165) is 12.8 Å². The van der Waals surface area contributed by atoms with Crippen molar-refractivity contribution in [3.05, 3.63) is 0 Å². The maximum Gasteiger partial charge on any atom is 0.234 e. The third-order valence-corrected chi connectivity index (χ3v) is 1.54. The molecule has 1 atom stereocenters. The number of unbranched alkanes of at least 4 members (excludes halogenated alkanes) is 1. The number of carbonyl (C=O) groups excluding carboxylic acids is 2. The van der Waals surface area contributed by atoms with Gasteiger partial charge in [0.05, 0.1) is 6.04 Å². The number of hydrogen-bond acceptors (Lipinski definition) is 3. The van der Waals surface area contributed by atoms with Crippen molar-refractivity contribution in [1.29, 1.82) is 0 Å². The summed E-state index contributed by atoms with van der Waals surface area (Å²) < 4.78 is 0. The number of amides is 2. The van der Waals surface area contributed by atoms with Crippen molar-refractivity contribution < 1.29 is 9.59 Å². The highest BCUT2D eigenvalue weighted by molar-refractivity contribution is 5.79. The summed E-state index contributed by atoms with van der Waals surface area (Å²) in [5.41, 5.74) is 10.3. The Morgan fingerprint density at radius 3 is 2.67 bits per heavy atom. The van der Waals surface area contributed by atoms with Gasteiger partial charge >= 0.3 is 0 Å². The Bertz CT molecular complexity index is 150. The first kappa shape index (κ1) is 10.9. The van der Waals surface area contributed by atoms with Crippen LogP contribution in [-0.2, 0) is 9.59 Å². The highest BCUT2D eigenvalue weighted by atomic mass is 16.1. The second-order valence-corrected chi connectivity index (χ2v) is 2.58. The van der Waals surface area contributed by atoms with E-state index in [1.54, 1.807) is 0 Å². The van der Waals surface area contributed by atoms with E-state index in [1.807, 2.05) is 0 Å². The van der Waals surface area contributed by atoms with Gasteiger partial charge in [-0.15, -0.1) is 0 Å². The van der Waals surface area contributed by atoms with Gasteiger partial charge in [0.1, 0.15) is 0 Å². The lowest BCUT2D eigenvalue weighted by atomic mass is 10.1. The van der Waals surface area contributed by atoms with Gasteiger partial charge in [0.2, 0.25) is 12.3 Å². The minimum absolute atomic E-state index is 0.474. The molecule has 0 unspecified atom stereocenters. The highest BCUT2D eigenvalue weighted by Crippen LogP contribution is 1.96. The summed E-state index contributed by atoms with van der Waals surface area (Å²) in [7, 11) is 0. The molecule has 0 saturated carbocycles. The number of nitrogens with two attached hydrogens (primary N) is 2. The number of hydrogen-bond donors (Lipinski definition) is 3. The van der Waals surface area contributed by atoms with E-state index in [2.05, 4.69) is 5.32 Å². The molecule has 0 rings (SSSR count). The van der Waals surface area contributed by atoms with Crippen LogP contribution in [0.15, 0.2) is 0 Å².